The van der Waals surface area contributed by atoms with Crippen molar-refractivity contribution in [2.75, 3.05) is 6.61 Å². The van der Waals surface area contributed by atoms with Crippen LogP contribution in [0.25, 0.3) is 0 Å². The molecule has 0 saturated carbocycles. The fourth-order valence-corrected chi connectivity index (χ4v) is 2.00. The van der Waals surface area contributed by atoms with Crippen molar-refractivity contribution in [3.05, 3.63) is 29.6 Å². The number of unbranched alkanes of at least 4 members (excludes halogenated alkanes) is 5. The van der Waals surface area contributed by atoms with Crippen LogP contribution in [0.2, 0.25) is 0 Å². The third-order valence-corrected chi connectivity index (χ3v) is 3.14. The van der Waals surface area contributed by atoms with Crippen LogP contribution >= 0.6 is 0 Å². The summed E-state index contributed by atoms with van der Waals surface area (Å²) in [7, 11) is 0. The van der Waals surface area contributed by atoms with Crippen molar-refractivity contribution in [1.29, 1.82) is 0 Å². The van der Waals surface area contributed by atoms with Crippen molar-refractivity contribution in [1.82, 2.24) is 4.98 Å². The zero-order chi connectivity index (χ0) is 14.6. The smallest absolute Gasteiger partial charge is 0.189 e. The molecule has 1 aromatic rings. The third-order valence-electron chi connectivity index (χ3n) is 3.14. The van der Waals surface area contributed by atoms with E-state index in [2.05, 4.69) is 17.1 Å². The van der Waals surface area contributed by atoms with Crippen LogP contribution in [0.15, 0.2) is 23.5 Å². The first kappa shape index (κ1) is 16.4. The topological polar surface area (TPSA) is 80.7 Å². The Labute approximate surface area is 120 Å². The summed E-state index contributed by atoms with van der Waals surface area (Å²) in [6.07, 6.45) is 9.08. The van der Waals surface area contributed by atoms with E-state index in [-0.39, 0.29) is 5.84 Å². The third kappa shape index (κ3) is 6.02. The van der Waals surface area contributed by atoms with E-state index in [1.165, 1.54) is 32.1 Å². The van der Waals surface area contributed by atoms with Crippen molar-refractivity contribution in [3.8, 4) is 0 Å². The summed E-state index contributed by atoms with van der Waals surface area (Å²) in [5.74, 6) is 0.0174. The number of aromatic nitrogens is 1. The molecule has 0 saturated heterocycles. The van der Waals surface area contributed by atoms with Crippen LogP contribution in [0, 0.1) is 0 Å². The molecule has 0 aliphatic rings. The van der Waals surface area contributed by atoms with Crippen molar-refractivity contribution in [2.45, 2.75) is 52.1 Å². The molecular weight excluding hydrogens is 254 g/mol. The lowest BCUT2D eigenvalue weighted by Crippen LogP contribution is -2.17. The molecule has 1 aromatic heterocycles. The number of hydrogen-bond donors (Lipinski definition) is 2. The van der Waals surface area contributed by atoms with Gasteiger partial charge in [0.15, 0.2) is 5.84 Å². The summed E-state index contributed by atoms with van der Waals surface area (Å²) < 4.78 is 5.63. The maximum absolute atomic E-state index is 8.71. The van der Waals surface area contributed by atoms with Gasteiger partial charge in [-0.15, -0.1) is 0 Å². The Morgan fingerprint density at radius 2 is 2.05 bits per heavy atom. The van der Waals surface area contributed by atoms with Gasteiger partial charge in [0.1, 0.15) is 5.69 Å². The van der Waals surface area contributed by atoms with E-state index in [0.29, 0.717) is 12.3 Å². The molecular formula is C15H25N3O2. The summed E-state index contributed by atoms with van der Waals surface area (Å²) in [6.45, 7) is 3.39. The monoisotopic (exact) mass is 279 g/mol. The second-order valence-electron chi connectivity index (χ2n) is 4.82. The summed E-state index contributed by atoms with van der Waals surface area (Å²) >= 11 is 0. The second-order valence-corrected chi connectivity index (χ2v) is 4.82. The Kier molecular flexibility index (Phi) is 8.38. The number of hydrogen-bond acceptors (Lipinski definition) is 4. The molecule has 0 bridgehead atoms. The number of ether oxygens (including phenoxy) is 1. The summed E-state index contributed by atoms with van der Waals surface area (Å²) in [4.78, 5) is 4.10. The second kappa shape index (κ2) is 10.2. The number of nitrogens with zero attached hydrogens (tertiary/aromatic N) is 2. The van der Waals surface area contributed by atoms with Gasteiger partial charge in [-0.25, -0.2) is 0 Å². The Morgan fingerprint density at radius 3 is 2.80 bits per heavy atom. The Bertz CT molecular complexity index is 408. The van der Waals surface area contributed by atoms with Gasteiger partial charge in [0.2, 0.25) is 0 Å². The normalized spacial score (nSPS) is 11.8. The highest BCUT2D eigenvalue weighted by molar-refractivity contribution is 5.96. The Morgan fingerprint density at radius 1 is 1.30 bits per heavy atom. The lowest BCUT2D eigenvalue weighted by Gasteiger charge is -2.08. The lowest BCUT2D eigenvalue weighted by molar-refractivity contribution is 0.116. The molecule has 5 nitrogen and oxygen atoms in total. The number of amidine groups is 1. The minimum Gasteiger partial charge on any atom is -0.409 e. The zero-order valence-corrected chi connectivity index (χ0v) is 12.2. The maximum atomic E-state index is 8.71. The van der Waals surface area contributed by atoms with Crippen molar-refractivity contribution < 1.29 is 9.94 Å². The number of oxime groups is 1. The molecule has 20 heavy (non-hydrogen) atoms. The molecule has 0 radical (unpaired) electrons. The Hall–Kier alpha value is -1.62. The van der Waals surface area contributed by atoms with E-state index in [1.54, 1.807) is 6.20 Å². The molecule has 1 rings (SSSR count). The van der Waals surface area contributed by atoms with Crippen molar-refractivity contribution in [2.24, 2.45) is 10.9 Å². The minimum absolute atomic E-state index is 0.0174. The van der Waals surface area contributed by atoms with Crippen LogP contribution in [0.5, 0.6) is 0 Å². The van der Waals surface area contributed by atoms with Crippen LogP contribution in [0.3, 0.4) is 0 Å². The summed E-state index contributed by atoms with van der Waals surface area (Å²) in [6, 6.07) is 3.69. The van der Waals surface area contributed by atoms with Crippen LogP contribution < -0.4 is 5.73 Å². The first-order valence-electron chi connectivity index (χ1n) is 7.29. The average molecular weight is 279 g/mol. The molecule has 0 spiro atoms. The van der Waals surface area contributed by atoms with Gasteiger partial charge >= 0.3 is 0 Å². The van der Waals surface area contributed by atoms with E-state index in [1.807, 2.05) is 12.1 Å². The molecule has 5 heteroatoms. The van der Waals surface area contributed by atoms with Gasteiger partial charge in [0.05, 0.1) is 6.61 Å². The summed E-state index contributed by atoms with van der Waals surface area (Å²) in [5.41, 5.74) is 6.90. The minimum atomic E-state index is 0.0174. The fraction of sp³-hybridized carbons (Fsp3) is 0.600. The molecule has 0 aliphatic heterocycles. The average Bonchev–Trinajstić information content (AvgIpc) is 2.49. The van der Waals surface area contributed by atoms with E-state index in [0.717, 1.165) is 18.6 Å². The quantitative estimate of drug-likeness (QED) is 0.227. The zero-order valence-electron chi connectivity index (χ0n) is 12.2. The maximum Gasteiger partial charge on any atom is 0.189 e. The highest BCUT2D eigenvalue weighted by Crippen LogP contribution is 2.09. The molecule has 0 fully saturated rings. The van der Waals surface area contributed by atoms with Gasteiger partial charge in [-0.3, -0.25) is 4.98 Å². The van der Waals surface area contributed by atoms with Gasteiger partial charge in [-0.2, -0.15) is 0 Å². The van der Waals surface area contributed by atoms with Crippen molar-refractivity contribution in [3.63, 3.8) is 0 Å². The number of nitrogens with two attached hydrogens (primary N) is 1. The van der Waals surface area contributed by atoms with Crippen LogP contribution in [-0.4, -0.2) is 22.6 Å². The van der Waals surface area contributed by atoms with E-state index >= 15 is 0 Å². The molecule has 3 N–H and O–H groups in total. The first-order chi connectivity index (χ1) is 9.79. The van der Waals surface area contributed by atoms with Gasteiger partial charge < -0.3 is 15.7 Å². The lowest BCUT2D eigenvalue weighted by atomic mass is 10.1. The first-order valence-corrected chi connectivity index (χ1v) is 7.29. The predicted octanol–water partition coefficient (Wildman–Crippen LogP) is 3.05. The largest absolute Gasteiger partial charge is 0.409 e. The number of rotatable bonds is 10. The standard InChI is InChI=1S/C15H25N3O2/c1-2-3-4-5-6-7-11-20-12-13-9-8-10-17-14(13)15(16)18-19/h8-10,19H,2-7,11-12H2,1H3,(H2,16,18). The van der Waals surface area contributed by atoms with Gasteiger partial charge in [-0.05, 0) is 12.5 Å². The molecule has 0 atom stereocenters. The van der Waals surface area contributed by atoms with E-state index in [4.69, 9.17) is 15.7 Å². The van der Waals surface area contributed by atoms with Gasteiger partial charge in [0, 0.05) is 18.4 Å². The SMILES string of the molecule is CCCCCCCCOCc1cccnc1C(N)=NO. The van der Waals surface area contributed by atoms with Gasteiger partial charge in [-0.1, -0.05) is 50.2 Å². The predicted molar refractivity (Wildman–Crippen MR) is 79.8 cm³/mol. The van der Waals surface area contributed by atoms with Gasteiger partial charge in [0.25, 0.3) is 0 Å². The van der Waals surface area contributed by atoms with Crippen molar-refractivity contribution >= 4 is 5.84 Å². The Balaban J connectivity index is 2.25. The van der Waals surface area contributed by atoms with E-state index in [9.17, 15) is 0 Å². The fourth-order valence-electron chi connectivity index (χ4n) is 2.00. The molecule has 0 amide bonds. The molecule has 0 aromatic carbocycles. The van der Waals surface area contributed by atoms with Crippen LogP contribution in [-0.2, 0) is 11.3 Å². The highest BCUT2D eigenvalue weighted by atomic mass is 16.5. The van der Waals surface area contributed by atoms with Crippen LogP contribution in [0.4, 0.5) is 0 Å². The molecule has 1 heterocycles. The molecule has 0 unspecified atom stereocenters. The molecule has 0 aliphatic carbocycles. The van der Waals surface area contributed by atoms with E-state index < -0.39 is 0 Å². The summed E-state index contributed by atoms with van der Waals surface area (Å²) in [5, 5.41) is 11.7. The number of pyridine rings is 1. The highest BCUT2D eigenvalue weighted by Gasteiger charge is 2.07. The molecule has 112 valence electrons. The van der Waals surface area contributed by atoms with Crippen LogP contribution in [0.1, 0.15) is 56.7 Å².